The fraction of sp³-hybridized carbons (Fsp3) is 0.579. The van der Waals surface area contributed by atoms with Crippen LogP contribution in [0.3, 0.4) is 0 Å². The lowest BCUT2D eigenvalue weighted by Crippen LogP contribution is -2.17. The van der Waals surface area contributed by atoms with Gasteiger partial charge in [-0.2, -0.15) is 5.10 Å². The number of nitrogens with one attached hydrogen (secondary N) is 1. The van der Waals surface area contributed by atoms with Gasteiger partial charge in [0.25, 0.3) is 0 Å². The van der Waals surface area contributed by atoms with Crippen molar-refractivity contribution in [3.05, 3.63) is 30.1 Å². The van der Waals surface area contributed by atoms with Gasteiger partial charge in [-0.25, -0.2) is 4.39 Å². The monoisotopic (exact) mass is 351 g/mol. The maximum absolute atomic E-state index is 12.8. The number of nitrogens with two attached hydrogens (primary N) is 1. The summed E-state index contributed by atoms with van der Waals surface area (Å²) < 4.78 is 12.8. The number of carbonyl (C=O) groups is 1. The van der Waals surface area contributed by atoms with Crippen molar-refractivity contribution in [2.75, 3.05) is 12.0 Å². The van der Waals surface area contributed by atoms with Crippen molar-refractivity contribution in [3.8, 4) is 0 Å². The third-order valence-electron chi connectivity index (χ3n) is 4.13. The molecule has 5 nitrogen and oxygen atoms in total. The van der Waals surface area contributed by atoms with E-state index >= 15 is 0 Å². The molecule has 0 bridgehead atoms. The van der Waals surface area contributed by atoms with Gasteiger partial charge in [0.05, 0.1) is 11.6 Å². The molecule has 0 aliphatic heterocycles. The molecular weight excluding hydrogens is 321 g/mol. The summed E-state index contributed by atoms with van der Waals surface area (Å²) >= 11 is 0. The summed E-state index contributed by atoms with van der Waals surface area (Å²) in [6, 6.07) is 5.91. The Morgan fingerprint density at radius 1 is 1.24 bits per heavy atom. The zero-order chi connectivity index (χ0) is 18.5. The fourth-order valence-electron chi connectivity index (χ4n) is 2.68. The summed E-state index contributed by atoms with van der Waals surface area (Å²) in [5.74, 6) is -1.34. The highest BCUT2D eigenvalue weighted by atomic mass is 19.1. The number of hydrazone groups is 1. The topological polar surface area (TPSA) is 87.7 Å². The molecule has 25 heavy (non-hydrogen) atoms. The molecule has 1 aromatic carbocycles. The molecule has 0 heterocycles. The van der Waals surface area contributed by atoms with Crippen molar-refractivity contribution >= 4 is 17.9 Å². The van der Waals surface area contributed by atoms with Gasteiger partial charge in [-0.15, -0.1) is 0 Å². The minimum absolute atomic E-state index is 0.0475. The molecule has 0 spiro atoms. The van der Waals surface area contributed by atoms with E-state index in [2.05, 4.69) is 10.5 Å². The van der Waals surface area contributed by atoms with Gasteiger partial charge in [0, 0.05) is 6.21 Å². The molecule has 6 heteroatoms. The molecule has 2 atom stereocenters. The van der Waals surface area contributed by atoms with E-state index in [-0.39, 0.29) is 17.7 Å². The molecule has 0 radical (unpaired) electrons. The average Bonchev–Trinajstić information content (AvgIpc) is 2.58. The van der Waals surface area contributed by atoms with Gasteiger partial charge >= 0.3 is 5.97 Å². The van der Waals surface area contributed by atoms with Crippen molar-refractivity contribution < 1.29 is 14.3 Å². The number of benzene rings is 1. The lowest BCUT2D eigenvalue weighted by Gasteiger charge is -2.14. The summed E-state index contributed by atoms with van der Waals surface area (Å²) in [5.41, 5.74) is 8.97. The molecule has 0 saturated heterocycles. The van der Waals surface area contributed by atoms with Crippen LogP contribution < -0.4 is 11.2 Å². The van der Waals surface area contributed by atoms with Crippen LogP contribution in [-0.4, -0.2) is 23.8 Å². The van der Waals surface area contributed by atoms with E-state index in [0.29, 0.717) is 18.5 Å². The standard InChI is InChI=1S/C19H30FN3O2/c1-15(14-22-23-18-10-8-17(20)9-11-18)13-16(19(24)25)7-5-3-2-4-6-12-21/h8-11,14-16,23H,2-7,12-13,21H2,1H3,(H,24,25)/b22-14-. The first-order valence-corrected chi connectivity index (χ1v) is 9.00. The van der Waals surface area contributed by atoms with Crippen molar-refractivity contribution in [3.63, 3.8) is 0 Å². The minimum Gasteiger partial charge on any atom is -0.481 e. The second kappa shape index (κ2) is 12.4. The predicted octanol–water partition coefficient (Wildman–Crippen LogP) is 4.25. The second-order valence-corrected chi connectivity index (χ2v) is 6.49. The van der Waals surface area contributed by atoms with Crippen LogP contribution in [-0.2, 0) is 4.79 Å². The average molecular weight is 351 g/mol. The summed E-state index contributed by atoms with van der Waals surface area (Å²) in [4.78, 5) is 11.4. The maximum atomic E-state index is 12.8. The molecule has 1 rings (SSSR count). The number of anilines is 1. The number of halogens is 1. The summed E-state index contributed by atoms with van der Waals surface area (Å²) in [6.45, 7) is 2.67. The molecule has 1 aromatic rings. The highest BCUT2D eigenvalue weighted by Crippen LogP contribution is 2.19. The van der Waals surface area contributed by atoms with Crippen molar-refractivity contribution in [1.29, 1.82) is 0 Å². The maximum Gasteiger partial charge on any atom is 0.306 e. The van der Waals surface area contributed by atoms with Crippen LogP contribution in [0.25, 0.3) is 0 Å². The number of carboxylic acid groups (broad SMARTS) is 1. The normalized spacial score (nSPS) is 13.7. The Morgan fingerprint density at radius 2 is 1.88 bits per heavy atom. The van der Waals surface area contributed by atoms with E-state index in [9.17, 15) is 14.3 Å². The quantitative estimate of drug-likeness (QED) is 0.282. The van der Waals surface area contributed by atoms with Crippen LogP contribution in [0.5, 0.6) is 0 Å². The van der Waals surface area contributed by atoms with E-state index < -0.39 is 5.97 Å². The van der Waals surface area contributed by atoms with Gasteiger partial charge in [0.1, 0.15) is 5.82 Å². The Bertz CT molecular complexity index is 520. The van der Waals surface area contributed by atoms with Crippen LogP contribution in [0.2, 0.25) is 0 Å². The molecule has 0 aliphatic carbocycles. The smallest absolute Gasteiger partial charge is 0.306 e. The molecule has 0 amide bonds. The largest absolute Gasteiger partial charge is 0.481 e. The molecule has 0 fully saturated rings. The Balaban J connectivity index is 2.31. The molecule has 4 N–H and O–H groups in total. The molecule has 140 valence electrons. The summed E-state index contributed by atoms with van der Waals surface area (Å²) in [6.07, 6.45) is 8.22. The zero-order valence-corrected chi connectivity index (χ0v) is 15.0. The zero-order valence-electron chi connectivity index (χ0n) is 15.0. The predicted molar refractivity (Wildman–Crippen MR) is 100 cm³/mol. The van der Waals surface area contributed by atoms with Gasteiger partial charge in [-0.3, -0.25) is 10.2 Å². The van der Waals surface area contributed by atoms with Crippen LogP contribution in [0.15, 0.2) is 29.4 Å². The van der Waals surface area contributed by atoms with Gasteiger partial charge in [0.15, 0.2) is 0 Å². The van der Waals surface area contributed by atoms with E-state index in [1.165, 1.54) is 12.1 Å². The van der Waals surface area contributed by atoms with Crippen molar-refractivity contribution in [2.24, 2.45) is 22.7 Å². The first-order valence-electron chi connectivity index (χ1n) is 9.00. The van der Waals surface area contributed by atoms with Gasteiger partial charge in [-0.05, 0) is 56.0 Å². The first kappa shape index (κ1) is 21.1. The van der Waals surface area contributed by atoms with E-state index in [1.807, 2.05) is 6.92 Å². The van der Waals surface area contributed by atoms with Crippen molar-refractivity contribution in [1.82, 2.24) is 0 Å². The van der Waals surface area contributed by atoms with Crippen LogP contribution in [0, 0.1) is 17.7 Å². The molecule has 0 aromatic heterocycles. The number of hydrogen-bond donors (Lipinski definition) is 3. The lowest BCUT2D eigenvalue weighted by molar-refractivity contribution is -0.142. The van der Waals surface area contributed by atoms with E-state index in [1.54, 1.807) is 18.3 Å². The molecule has 2 unspecified atom stereocenters. The van der Waals surface area contributed by atoms with Gasteiger partial charge in [-0.1, -0.05) is 32.6 Å². The highest BCUT2D eigenvalue weighted by Gasteiger charge is 2.19. The molecule has 0 saturated carbocycles. The number of carboxylic acids is 1. The lowest BCUT2D eigenvalue weighted by atomic mass is 9.91. The summed E-state index contributed by atoms with van der Waals surface area (Å²) in [5, 5.41) is 13.5. The Labute approximate surface area is 149 Å². The molecular formula is C19H30FN3O2. The number of hydrogen-bond acceptors (Lipinski definition) is 4. The van der Waals surface area contributed by atoms with E-state index in [0.717, 1.165) is 38.6 Å². The first-order chi connectivity index (χ1) is 12.0. The minimum atomic E-state index is -0.742. The number of rotatable bonds is 13. The Hall–Kier alpha value is -1.95. The summed E-state index contributed by atoms with van der Waals surface area (Å²) in [7, 11) is 0. The number of nitrogens with zero attached hydrogens (tertiary/aromatic N) is 1. The molecule has 0 aliphatic rings. The van der Waals surface area contributed by atoms with E-state index in [4.69, 9.17) is 5.73 Å². The van der Waals surface area contributed by atoms with Crippen LogP contribution in [0.4, 0.5) is 10.1 Å². The van der Waals surface area contributed by atoms with Crippen LogP contribution >= 0.6 is 0 Å². The van der Waals surface area contributed by atoms with Crippen LogP contribution in [0.1, 0.15) is 51.9 Å². The second-order valence-electron chi connectivity index (χ2n) is 6.49. The highest BCUT2D eigenvalue weighted by molar-refractivity contribution is 5.71. The van der Waals surface area contributed by atoms with Crippen molar-refractivity contribution in [2.45, 2.75) is 51.9 Å². The Kier molecular flexibility index (Phi) is 10.5. The third-order valence-corrected chi connectivity index (χ3v) is 4.13. The fourth-order valence-corrected chi connectivity index (χ4v) is 2.68. The number of unbranched alkanes of at least 4 members (excludes halogenated alkanes) is 4. The Morgan fingerprint density at radius 3 is 2.52 bits per heavy atom. The number of aliphatic carboxylic acids is 1. The van der Waals surface area contributed by atoms with Gasteiger partial charge in [0.2, 0.25) is 0 Å². The third kappa shape index (κ3) is 9.82. The van der Waals surface area contributed by atoms with Gasteiger partial charge < -0.3 is 10.8 Å². The SMILES string of the molecule is CC(/C=N\Nc1ccc(F)cc1)CC(CCCCCCCN)C(=O)O.